The molecule has 3 aromatic rings. The molecule has 0 bridgehead atoms. The van der Waals surface area contributed by atoms with Gasteiger partial charge in [-0.15, -0.1) is 5.10 Å². The number of carbonyl (C=O) groups is 1. The van der Waals surface area contributed by atoms with Crippen LogP contribution in [0.15, 0.2) is 60.8 Å². The van der Waals surface area contributed by atoms with E-state index in [2.05, 4.69) is 10.2 Å². The number of benzene rings is 2. The molecule has 0 fully saturated rings. The molecule has 0 radical (unpaired) electrons. The summed E-state index contributed by atoms with van der Waals surface area (Å²) in [5.41, 5.74) is 2.14. The third-order valence-electron chi connectivity index (χ3n) is 4.20. The van der Waals surface area contributed by atoms with Crippen molar-refractivity contribution in [3.05, 3.63) is 72.1 Å². The number of nitrogens with zero attached hydrogens (tertiary/aromatic N) is 4. The normalized spacial score (nSPS) is 11.8. The Labute approximate surface area is 146 Å². The SMILES string of the molecule is COc1ccc(C(C)N(C)C(=O)c2cnn(-c3ccccc3)n2)cc1. The fraction of sp³-hybridized carbons (Fsp3) is 0.211. The van der Waals surface area contributed by atoms with Crippen LogP contribution in [-0.2, 0) is 0 Å². The molecule has 6 heteroatoms. The fourth-order valence-corrected chi connectivity index (χ4v) is 2.51. The van der Waals surface area contributed by atoms with E-state index in [9.17, 15) is 4.79 Å². The second-order valence-corrected chi connectivity index (χ2v) is 5.72. The van der Waals surface area contributed by atoms with Crippen LogP contribution in [0.1, 0.15) is 29.0 Å². The summed E-state index contributed by atoms with van der Waals surface area (Å²) in [5.74, 6) is 0.612. The van der Waals surface area contributed by atoms with Crippen molar-refractivity contribution in [3.8, 4) is 11.4 Å². The highest BCUT2D eigenvalue weighted by atomic mass is 16.5. The molecule has 0 aliphatic rings. The number of rotatable bonds is 5. The zero-order valence-electron chi connectivity index (χ0n) is 14.5. The van der Waals surface area contributed by atoms with Gasteiger partial charge in [0.15, 0.2) is 5.69 Å². The summed E-state index contributed by atoms with van der Waals surface area (Å²) in [6.45, 7) is 1.97. The molecule has 0 aliphatic heterocycles. The minimum Gasteiger partial charge on any atom is -0.497 e. The van der Waals surface area contributed by atoms with Crippen molar-refractivity contribution in [1.82, 2.24) is 19.9 Å². The highest BCUT2D eigenvalue weighted by Gasteiger charge is 2.21. The molecule has 1 atom stereocenters. The van der Waals surface area contributed by atoms with Crippen LogP contribution in [0.5, 0.6) is 5.75 Å². The smallest absolute Gasteiger partial charge is 0.276 e. The van der Waals surface area contributed by atoms with Crippen molar-refractivity contribution in [1.29, 1.82) is 0 Å². The topological polar surface area (TPSA) is 60.2 Å². The number of aromatic nitrogens is 3. The molecule has 0 aliphatic carbocycles. The Kier molecular flexibility index (Phi) is 4.79. The lowest BCUT2D eigenvalue weighted by Gasteiger charge is -2.24. The van der Waals surface area contributed by atoms with E-state index >= 15 is 0 Å². The van der Waals surface area contributed by atoms with E-state index in [1.807, 2.05) is 61.5 Å². The first-order valence-electron chi connectivity index (χ1n) is 7.99. The Hall–Kier alpha value is -3.15. The number of amides is 1. The Morgan fingerprint density at radius 1 is 1.12 bits per heavy atom. The molecule has 3 rings (SSSR count). The predicted octanol–water partition coefficient (Wildman–Crippen LogP) is 3.11. The molecular weight excluding hydrogens is 316 g/mol. The van der Waals surface area contributed by atoms with Crippen molar-refractivity contribution >= 4 is 5.91 Å². The van der Waals surface area contributed by atoms with Crippen LogP contribution in [0.25, 0.3) is 5.69 Å². The Balaban J connectivity index is 1.76. The van der Waals surface area contributed by atoms with Gasteiger partial charge in [0.25, 0.3) is 5.91 Å². The van der Waals surface area contributed by atoms with Crippen LogP contribution in [0, 0.1) is 0 Å². The van der Waals surface area contributed by atoms with Gasteiger partial charge in [-0.1, -0.05) is 30.3 Å². The molecule has 1 unspecified atom stereocenters. The Bertz CT molecular complexity index is 843. The number of carbonyl (C=O) groups excluding carboxylic acids is 1. The molecule has 6 nitrogen and oxygen atoms in total. The zero-order chi connectivity index (χ0) is 17.8. The summed E-state index contributed by atoms with van der Waals surface area (Å²) < 4.78 is 5.17. The monoisotopic (exact) mass is 336 g/mol. The molecule has 0 N–H and O–H groups in total. The van der Waals surface area contributed by atoms with Crippen LogP contribution in [0.3, 0.4) is 0 Å². The highest BCUT2D eigenvalue weighted by molar-refractivity contribution is 5.92. The van der Waals surface area contributed by atoms with E-state index in [0.717, 1.165) is 17.0 Å². The molecule has 1 aromatic heterocycles. The van der Waals surface area contributed by atoms with Crippen molar-refractivity contribution in [2.75, 3.05) is 14.2 Å². The van der Waals surface area contributed by atoms with Crippen molar-refractivity contribution < 1.29 is 9.53 Å². The quantitative estimate of drug-likeness (QED) is 0.718. The van der Waals surface area contributed by atoms with Gasteiger partial charge in [-0.3, -0.25) is 4.79 Å². The largest absolute Gasteiger partial charge is 0.497 e. The van der Waals surface area contributed by atoms with Gasteiger partial charge in [-0.05, 0) is 36.8 Å². The first-order chi connectivity index (χ1) is 12.1. The van der Waals surface area contributed by atoms with Crippen LogP contribution in [0.4, 0.5) is 0 Å². The minimum absolute atomic E-state index is 0.0970. The molecule has 25 heavy (non-hydrogen) atoms. The van der Waals surface area contributed by atoms with Gasteiger partial charge in [0.1, 0.15) is 5.75 Å². The van der Waals surface area contributed by atoms with E-state index in [1.165, 1.54) is 11.0 Å². The van der Waals surface area contributed by atoms with Gasteiger partial charge in [-0.25, -0.2) is 0 Å². The van der Waals surface area contributed by atoms with Crippen LogP contribution >= 0.6 is 0 Å². The maximum Gasteiger partial charge on any atom is 0.276 e. The van der Waals surface area contributed by atoms with Crippen LogP contribution in [-0.4, -0.2) is 40.0 Å². The third-order valence-corrected chi connectivity index (χ3v) is 4.20. The van der Waals surface area contributed by atoms with Gasteiger partial charge < -0.3 is 9.64 Å². The molecule has 1 amide bonds. The molecule has 128 valence electrons. The zero-order valence-corrected chi connectivity index (χ0v) is 14.5. The first-order valence-corrected chi connectivity index (χ1v) is 7.99. The van der Waals surface area contributed by atoms with E-state index in [4.69, 9.17) is 4.74 Å². The number of hydrogen-bond acceptors (Lipinski definition) is 4. The molecular formula is C19H20N4O2. The van der Waals surface area contributed by atoms with Gasteiger partial charge >= 0.3 is 0 Å². The Morgan fingerprint density at radius 2 is 1.80 bits per heavy atom. The summed E-state index contributed by atoms with van der Waals surface area (Å²) in [6, 6.07) is 17.1. The molecule has 0 spiro atoms. The molecule has 0 saturated carbocycles. The van der Waals surface area contributed by atoms with Crippen molar-refractivity contribution in [2.24, 2.45) is 0 Å². The molecule has 1 heterocycles. The first kappa shape index (κ1) is 16.7. The van der Waals surface area contributed by atoms with E-state index in [1.54, 1.807) is 19.1 Å². The highest BCUT2D eigenvalue weighted by Crippen LogP contribution is 2.22. The number of hydrogen-bond donors (Lipinski definition) is 0. The van der Waals surface area contributed by atoms with Gasteiger partial charge in [0.05, 0.1) is 25.0 Å². The van der Waals surface area contributed by atoms with E-state index < -0.39 is 0 Å². The standard InChI is InChI=1S/C19H20N4O2/c1-14(15-9-11-17(25-3)12-10-15)22(2)19(24)18-13-20-23(21-18)16-7-5-4-6-8-16/h4-14H,1-3H3. The number of methoxy groups -OCH3 is 1. The maximum atomic E-state index is 12.7. The van der Waals surface area contributed by atoms with Gasteiger partial charge in [0, 0.05) is 7.05 Å². The molecule has 0 saturated heterocycles. The average molecular weight is 336 g/mol. The summed E-state index contributed by atoms with van der Waals surface area (Å²) in [6.07, 6.45) is 1.49. The number of para-hydroxylation sites is 1. The van der Waals surface area contributed by atoms with Crippen LogP contribution < -0.4 is 4.74 Å². The number of ether oxygens (including phenoxy) is 1. The summed E-state index contributed by atoms with van der Waals surface area (Å²) in [5, 5.41) is 8.49. The second-order valence-electron chi connectivity index (χ2n) is 5.72. The summed E-state index contributed by atoms with van der Waals surface area (Å²) in [4.78, 5) is 15.8. The van der Waals surface area contributed by atoms with E-state index in [0.29, 0.717) is 5.69 Å². The summed E-state index contributed by atoms with van der Waals surface area (Å²) >= 11 is 0. The van der Waals surface area contributed by atoms with Gasteiger partial charge in [-0.2, -0.15) is 9.90 Å². The Morgan fingerprint density at radius 3 is 2.44 bits per heavy atom. The van der Waals surface area contributed by atoms with Crippen molar-refractivity contribution in [2.45, 2.75) is 13.0 Å². The average Bonchev–Trinajstić information content (AvgIpc) is 3.17. The predicted molar refractivity (Wildman–Crippen MR) is 94.9 cm³/mol. The summed E-state index contributed by atoms with van der Waals surface area (Å²) in [7, 11) is 3.39. The van der Waals surface area contributed by atoms with E-state index in [-0.39, 0.29) is 11.9 Å². The fourth-order valence-electron chi connectivity index (χ4n) is 2.51. The minimum atomic E-state index is -0.175. The van der Waals surface area contributed by atoms with Gasteiger partial charge in [0.2, 0.25) is 0 Å². The van der Waals surface area contributed by atoms with Crippen LogP contribution in [0.2, 0.25) is 0 Å². The maximum absolute atomic E-state index is 12.7. The third kappa shape index (κ3) is 3.52. The second kappa shape index (κ2) is 7.17. The lowest BCUT2D eigenvalue weighted by Crippen LogP contribution is -2.30. The molecule has 2 aromatic carbocycles. The lowest BCUT2D eigenvalue weighted by molar-refractivity contribution is 0.0736. The lowest BCUT2D eigenvalue weighted by atomic mass is 10.1. The van der Waals surface area contributed by atoms with Crippen molar-refractivity contribution in [3.63, 3.8) is 0 Å².